The van der Waals surface area contributed by atoms with Gasteiger partial charge in [0, 0.05) is 5.57 Å². The molecule has 0 atom stereocenters. The highest BCUT2D eigenvalue weighted by Gasteiger charge is 2.31. The first kappa shape index (κ1) is 24.0. The number of hydrogen-bond acceptors (Lipinski definition) is 4. The molecule has 0 spiro atoms. The first-order valence-corrected chi connectivity index (χ1v) is 11.4. The molecule has 0 saturated heterocycles. The quantitative estimate of drug-likeness (QED) is 0.482. The number of benzene rings is 2. The molecule has 2 aromatic carbocycles. The van der Waals surface area contributed by atoms with Crippen LogP contribution < -0.4 is 0 Å². The minimum Gasteiger partial charge on any atom is -0.465 e. The summed E-state index contributed by atoms with van der Waals surface area (Å²) in [5.41, 5.74) is 9.18. The molecule has 4 heteroatoms. The van der Waals surface area contributed by atoms with Crippen LogP contribution in [0, 0.1) is 0 Å². The van der Waals surface area contributed by atoms with Crippen LogP contribution in [0.2, 0.25) is 0 Å². The SMILES string of the molecule is COC(=O)C1=CC=C(C)C2=C(C)C=C(c3ccc(-c4ccccc4)cc3)C=C(C)C2=C1C(=O)OC. The summed E-state index contributed by atoms with van der Waals surface area (Å²) < 4.78 is 10.1. The Hall–Kier alpha value is -4.18. The second kappa shape index (κ2) is 9.98. The van der Waals surface area contributed by atoms with Crippen molar-refractivity contribution in [1.29, 1.82) is 0 Å². The molecular weight excluding hydrogens is 436 g/mol. The van der Waals surface area contributed by atoms with Crippen LogP contribution in [-0.4, -0.2) is 26.2 Å². The van der Waals surface area contributed by atoms with Crippen molar-refractivity contribution >= 4 is 17.5 Å². The first-order valence-electron chi connectivity index (χ1n) is 11.4. The van der Waals surface area contributed by atoms with E-state index in [0.29, 0.717) is 5.57 Å². The van der Waals surface area contributed by atoms with E-state index in [4.69, 9.17) is 9.47 Å². The summed E-state index contributed by atoms with van der Waals surface area (Å²) in [4.78, 5) is 25.6. The standard InChI is InChI=1S/C31H28O4/c1-19-11-16-26(30(32)34-4)29(31(33)35-5)28-21(3)18-25(17-20(2)27(19)28)24-14-12-23(13-15-24)22-9-7-6-8-10-22/h6-18H,1-5H3. The van der Waals surface area contributed by atoms with Gasteiger partial charge in [-0.2, -0.15) is 0 Å². The Morgan fingerprint density at radius 1 is 0.629 bits per heavy atom. The van der Waals surface area contributed by atoms with E-state index >= 15 is 0 Å². The predicted octanol–water partition coefficient (Wildman–Crippen LogP) is 6.54. The third kappa shape index (κ3) is 4.60. The van der Waals surface area contributed by atoms with Crippen molar-refractivity contribution in [1.82, 2.24) is 0 Å². The van der Waals surface area contributed by atoms with Crippen molar-refractivity contribution < 1.29 is 19.1 Å². The Bertz CT molecular complexity index is 1380. The van der Waals surface area contributed by atoms with Crippen molar-refractivity contribution in [3.8, 4) is 11.1 Å². The van der Waals surface area contributed by atoms with Gasteiger partial charge in [0.25, 0.3) is 0 Å². The van der Waals surface area contributed by atoms with Gasteiger partial charge in [0.05, 0.1) is 25.4 Å². The van der Waals surface area contributed by atoms with Crippen LogP contribution in [-0.2, 0) is 19.1 Å². The molecule has 2 aromatic rings. The Morgan fingerprint density at radius 2 is 1.23 bits per heavy atom. The fraction of sp³-hybridized carbons (Fsp3) is 0.161. The highest BCUT2D eigenvalue weighted by atomic mass is 16.5. The summed E-state index contributed by atoms with van der Waals surface area (Å²) >= 11 is 0. The predicted molar refractivity (Wildman–Crippen MR) is 139 cm³/mol. The van der Waals surface area contributed by atoms with Crippen molar-refractivity contribution in [3.63, 3.8) is 0 Å². The van der Waals surface area contributed by atoms with Crippen molar-refractivity contribution in [2.75, 3.05) is 14.2 Å². The summed E-state index contributed by atoms with van der Waals surface area (Å²) in [6.45, 7) is 5.96. The number of ether oxygens (including phenoxy) is 2. The van der Waals surface area contributed by atoms with Crippen molar-refractivity contribution in [2.24, 2.45) is 0 Å². The number of rotatable bonds is 4. The molecule has 4 nitrogen and oxygen atoms in total. The van der Waals surface area contributed by atoms with Gasteiger partial charge in [0.1, 0.15) is 0 Å². The van der Waals surface area contributed by atoms with Crippen LogP contribution in [0.25, 0.3) is 16.7 Å². The molecule has 0 bridgehead atoms. The molecule has 35 heavy (non-hydrogen) atoms. The molecule has 0 unspecified atom stereocenters. The van der Waals surface area contributed by atoms with Gasteiger partial charge in [-0.15, -0.1) is 0 Å². The molecule has 0 saturated carbocycles. The number of carbonyl (C=O) groups excluding carboxylic acids is 2. The molecular formula is C31H28O4. The average molecular weight is 465 g/mol. The molecule has 0 aliphatic heterocycles. The molecule has 0 N–H and O–H groups in total. The lowest BCUT2D eigenvalue weighted by atomic mass is 9.86. The smallest absolute Gasteiger partial charge is 0.339 e. The van der Waals surface area contributed by atoms with E-state index < -0.39 is 11.9 Å². The minimum atomic E-state index is -0.581. The second-order valence-corrected chi connectivity index (χ2v) is 8.59. The van der Waals surface area contributed by atoms with Gasteiger partial charge in [0.2, 0.25) is 0 Å². The number of allylic oxidation sites excluding steroid dienone is 10. The van der Waals surface area contributed by atoms with E-state index in [0.717, 1.165) is 44.6 Å². The second-order valence-electron chi connectivity index (χ2n) is 8.59. The van der Waals surface area contributed by atoms with E-state index in [-0.39, 0.29) is 11.1 Å². The highest BCUT2D eigenvalue weighted by Crippen LogP contribution is 2.41. The van der Waals surface area contributed by atoms with Gasteiger partial charge < -0.3 is 9.47 Å². The summed E-state index contributed by atoms with van der Waals surface area (Å²) in [6.07, 6.45) is 7.66. The monoisotopic (exact) mass is 464 g/mol. The number of hydrogen-bond donors (Lipinski definition) is 0. The number of methoxy groups -OCH3 is 2. The lowest BCUT2D eigenvalue weighted by Crippen LogP contribution is -2.18. The van der Waals surface area contributed by atoms with Crippen LogP contribution in [0.3, 0.4) is 0 Å². The van der Waals surface area contributed by atoms with Gasteiger partial charge in [-0.1, -0.05) is 72.8 Å². The molecule has 0 radical (unpaired) electrons. The number of carbonyl (C=O) groups is 2. The summed E-state index contributed by atoms with van der Waals surface area (Å²) in [5.74, 6) is -1.16. The fourth-order valence-corrected chi connectivity index (χ4v) is 4.63. The summed E-state index contributed by atoms with van der Waals surface area (Å²) in [5, 5.41) is 0. The molecule has 176 valence electrons. The molecule has 4 rings (SSSR count). The third-order valence-electron chi connectivity index (χ3n) is 6.32. The van der Waals surface area contributed by atoms with Gasteiger partial charge in [-0.3, -0.25) is 0 Å². The van der Waals surface area contributed by atoms with Gasteiger partial charge >= 0.3 is 11.9 Å². The Morgan fingerprint density at radius 3 is 1.86 bits per heavy atom. The minimum absolute atomic E-state index is 0.180. The maximum Gasteiger partial charge on any atom is 0.339 e. The number of fused-ring (bicyclic) bond motifs is 1. The first-order chi connectivity index (χ1) is 16.8. The van der Waals surface area contributed by atoms with Crippen LogP contribution in [0.4, 0.5) is 0 Å². The van der Waals surface area contributed by atoms with E-state index in [9.17, 15) is 9.59 Å². The van der Waals surface area contributed by atoms with E-state index in [1.807, 2.05) is 45.0 Å². The van der Waals surface area contributed by atoms with Crippen LogP contribution in [0.1, 0.15) is 26.3 Å². The molecule has 0 heterocycles. The summed E-state index contributed by atoms with van der Waals surface area (Å²) in [6, 6.07) is 18.7. The highest BCUT2D eigenvalue weighted by molar-refractivity contribution is 6.09. The maximum atomic E-state index is 13.0. The maximum absolute atomic E-state index is 13.0. The third-order valence-corrected chi connectivity index (χ3v) is 6.32. The number of esters is 2. The summed E-state index contributed by atoms with van der Waals surface area (Å²) in [7, 11) is 2.63. The topological polar surface area (TPSA) is 52.6 Å². The zero-order valence-electron chi connectivity index (χ0n) is 20.6. The van der Waals surface area contributed by atoms with Gasteiger partial charge in [0.15, 0.2) is 0 Å². The van der Waals surface area contributed by atoms with E-state index in [1.54, 1.807) is 6.08 Å². The molecule has 0 amide bonds. The lowest BCUT2D eigenvalue weighted by molar-refractivity contribution is -0.139. The van der Waals surface area contributed by atoms with Crippen LogP contribution in [0.5, 0.6) is 0 Å². The Kier molecular flexibility index (Phi) is 6.83. The zero-order chi connectivity index (χ0) is 25.1. The van der Waals surface area contributed by atoms with Crippen molar-refractivity contribution in [3.05, 3.63) is 123 Å². The molecule has 0 aromatic heterocycles. The molecule has 2 aliphatic rings. The van der Waals surface area contributed by atoms with Crippen molar-refractivity contribution in [2.45, 2.75) is 20.8 Å². The fourth-order valence-electron chi connectivity index (χ4n) is 4.63. The van der Waals surface area contributed by atoms with Crippen LogP contribution >= 0.6 is 0 Å². The zero-order valence-corrected chi connectivity index (χ0v) is 20.6. The average Bonchev–Trinajstić information content (AvgIpc) is 3.12. The Labute approximate surface area is 206 Å². The van der Waals surface area contributed by atoms with Gasteiger partial charge in [-0.25, -0.2) is 9.59 Å². The van der Waals surface area contributed by atoms with E-state index in [1.165, 1.54) is 14.2 Å². The lowest BCUT2D eigenvalue weighted by Gasteiger charge is -2.18. The van der Waals surface area contributed by atoms with Crippen LogP contribution in [0.15, 0.2) is 118 Å². The molecule has 0 fully saturated rings. The largest absolute Gasteiger partial charge is 0.465 e. The normalized spacial score (nSPS) is 15.7. The molecule has 2 aliphatic carbocycles. The Balaban J connectivity index is 1.89. The van der Waals surface area contributed by atoms with Gasteiger partial charge in [-0.05, 0) is 71.4 Å². The van der Waals surface area contributed by atoms with E-state index in [2.05, 4.69) is 48.6 Å².